The number of urea groups is 1. The van der Waals surface area contributed by atoms with Gasteiger partial charge in [-0.3, -0.25) is 0 Å². The van der Waals surface area contributed by atoms with Crippen LogP contribution in [0.4, 0.5) is 14.9 Å². The van der Waals surface area contributed by atoms with Crippen molar-refractivity contribution in [2.75, 3.05) is 11.9 Å². The van der Waals surface area contributed by atoms with Crippen LogP contribution in [0, 0.1) is 19.7 Å². The average Bonchev–Trinajstić information content (AvgIpc) is 3.01. The smallest absolute Gasteiger partial charge is 0.317 e. The van der Waals surface area contributed by atoms with Crippen LogP contribution in [0.25, 0.3) is 0 Å². The molecule has 2 aromatic rings. The molecule has 0 saturated carbocycles. The molecule has 0 aromatic heterocycles. The minimum Gasteiger partial charge on any atom is -0.317 e. The van der Waals surface area contributed by atoms with Gasteiger partial charge in [-0.2, -0.15) is 0 Å². The monoisotopic (exact) mass is 312 g/mol. The molecule has 0 spiro atoms. The van der Waals surface area contributed by atoms with Crippen molar-refractivity contribution < 1.29 is 9.18 Å². The number of nitrogens with zero attached hydrogens (tertiary/aromatic N) is 1. The number of halogens is 1. The molecule has 1 atom stereocenters. The fourth-order valence-corrected chi connectivity index (χ4v) is 3.01. The van der Waals surface area contributed by atoms with E-state index in [-0.39, 0.29) is 17.9 Å². The van der Waals surface area contributed by atoms with Crippen LogP contribution in [0.15, 0.2) is 42.5 Å². The Labute approximate surface area is 136 Å². The Morgan fingerprint density at radius 3 is 2.61 bits per heavy atom. The molecule has 1 heterocycles. The summed E-state index contributed by atoms with van der Waals surface area (Å²) in [7, 11) is 0. The van der Waals surface area contributed by atoms with Gasteiger partial charge in [0.05, 0.1) is 6.04 Å². The van der Waals surface area contributed by atoms with Crippen LogP contribution in [0.1, 0.15) is 35.6 Å². The van der Waals surface area contributed by atoms with Crippen molar-refractivity contribution in [3.8, 4) is 0 Å². The Hall–Kier alpha value is -2.36. The van der Waals surface area contributed by atoms with Crippen molar-refractivity contribution in [1.82, 2.24) is 4.90 Å². The minimum absolute atomic E-state index is 0.0888. The van der Waals surface area contributed by atoms with Crippen LogP contribution < -0.4 is 5.32 Å². The molecule has 1 aliphatic rings. The summed E-state index contributed by atoms with van der Waals surface area (Å²) < 4.78 is 13.6. The maximum atomic E-state index is 13.6. The summed E-state index contributed by atoms with van der Waals surface area (Å²) in [5.74, 6) is -0.306. The van der Waals surface area contributed by atoms with Crippen molar-refractivity contribution in [3.05, 3.63) is 65.0 Å². The van der Waals surface area contributed by atoms with Gasteiger partial charge in [0.2, 0.25) is 0 Å². The lowest BCUT2D eigenvalue weighted by atomic mass is 10.0. The molecular weight excluding hydrogens is 291 g/mol. The van der Waals surface area contributed by atoms with E-state index < -0.39 is 0 Å². The number of hydrogen-bond donors (Lipinski definition) is 1. The van der Waals surface area contributed by atoms with Gasteiger partial charge < -0.3 is 10.2 Å². The zero-order valence-electron chi connectivity index (χ0n) is 13.5. The fourth-order valence-electron chi connectivity index (χ4n) is 3.01. The molecular formula is C19H21FN2O. The molecule has 1 fully saturated rings. The van der Waals surface area contributed by atoms with Crippen molar-refractivity contribution in [2.45, 2.75) is 32.7 Å². The first kappa shape index (κ1) is 15.5. The number of carbonyl (C=O) groups is 1. The number of rotatable bonds is 2. The maximum absolute atomic E-state index is 13.6. The predicted octanol–water partition coefficient (Wildman–Crippen LogP) is 4.81. The Kier molecular flexibility index (Phi) is 4.33. The van der Waals surface area contributed by atoms with E-state index in [1.165, 1.54) is 11.6 Å². The van der Waals surface area contributed by atoms with Crippen LogP contribution in [-0.4, -0.2) is 17.5 Å². The number of nitrogens with one attached hydrogen (secondary N) is 1. The largest absolute Gasteiger partial charge is 0.322 e. The lowest BCUT2D eigenvalue weighted by Crippen LogP contribution is -2.34. The molecule has 120 valence electrons. The standard InChI is InChI=1S/C19H21FN2O/c1-13-5-8-15(9-6-13)18-4-3-11-22(18)19(23)21-16-10-7-14(2)17(20)12-16/h5-10,12,18H,3-4,11H2,1-2H3,(H,21,23)/t18-/m0/s1. The second-order valence-electron chi connectivity index (χ2n) is 6.16. The molecule has 2 amide bonds. The fraction of sp³-hybridized carbons (Fsp3) is 0.316. The summed E-state index contributed by atoms with van der Waals surface area (Å²) >= 11 is 0. The Morgan fingerprint density at radius 2 is 1.91 bits per heavy atom. The highest BCUT2D eigenvalue weighted by Crippen LogP contribution is 2.32. The van der Waals surface area contributed by atoms with E-state index in [1.807, 2.05) is 4.90 Å². The summed E-state index contributed by atoms with van der Waals surface area (Å²) in [6, 6.07) is 13.0. The van der Waals surface area contributed by atoms with Gasteiger partial charge in [-0.25, -0.2) is 9.18 Å². The van der Waals surface area contributed by atoms with Gasteiger partial charge in [0.25, 0.3) is 0 Å². The van der Waals surface area contributed by atoms with E-state index in [0.717, 1.165) is 24.9 Å². The molecule has 0 bridgehead atoms. The number of likely N-dealkylation sites (tertiary alicyclic amines) is 1. The average molecular weight is 312 g/mol. The van der Waals surface area contributed by atoms with Gasteiger partial charge in [0, 0.05) is 12.2 Å². The van der Waals surface area contributed by atoms with Gasteiger partial charge in [0.1, 0.15) is 5.82 Å². The molecule has 4 heteroatoms. The van der Waals surface area contributed by atoms with Crippen molar-refractivity contribution >= 4 is 11.7 Å². The number of anilines is 1. The molecule has 1 N–H and O–H groups in total. The van der Waals surface area contributed by atoms with Crippen molar-refractivity contribution in [3.63, 3.8) is 0 Å². The Balaban J connectivity index is 1.75. The predicted molar refractivity (Wildman–Crippen MR) is 90.0 cm³/mol. The molecule has 0 aliphatic carbocycles. The van der Waals surface area contributed by atoms with Crippen LogP contribution in [-0.2, 0) is 0 Å². The van der Waals surface area contributed by atoms with Gasteiger partial charge in [-0.1, -0.05) is 35.9 Å². The first-order chi connectivity index (χ1) is 11.0. The Morgan fingerprint density at radius 1 is 1.17 bits per heavy atom. The van der Waals surface area contributed by atoms with E-state index in [4.69, 9.17) is 0 Å². The summed E-state index contributed by atoms with van der Waals surface area (Å²) in [5.41, 5.74) is 3.42. The van der Waals surface area contributed by atoms with E-state index in [2.05, 4.69) is 36.5 Å². The first-order valence-electron chi connectivity index (χ1n) is 7.95. The molecule has 3 nitrogen and oxygen atoms in total. The molecule has 0 radical (unpaired) electrons. The second kappa shape index (κ2) is 6.41. The first-order valence-corrected chi connectivity index (χ1v) is 7.95. The van der Waals surface area contributed by atoms with Crippen molar-refractivity contribution in [2.24, 2.45) is 0 Å². The second-order valence-corrected chi connectivity index (χ2v) is 6.16. The van der Waals surface area contributed by atoms with E-state index in [0.29, 0.717) is 11.3 Å². The number of aryl methyl sites for hydroxylation is 2. The molecule has 1 aliphatic heterocycles. The zero-order valence-corrected chi connectivity index (χ0v) is 13.5. The van der Waals surface area contributed by atoms with Crippen LogP contribution >= 0.6 is 0 Å². The van der Waals surface area contributed by atoms with Gasteiger partial charge in [-0.15, -0.1) is 0 Å². The third-order valence-electron chi connectivity index (χ3n) is 4.40. The Bertz CT molecular complexity index is 712. The third kappa shape index (κ3) is 3.36. The van der Waals surface area contributed by atoms with Crippen LogP contribution in [0.3, 0.4) is 0 Å². The van der Waals surface area contributed by atoms with E-state index in [1.54, 1.807) is 19.1 Å². The van der Waals surface area contributed by atoms with E-state index >= 15 is 0 Å². The van der Waals surface area contributed by atoms with Gasteiger partial charge in [-0.05, 0) is 49.9 Å². The highest BCUT2D eigenvalue weighted by atomic mass is 19.1. The number of amides is 2. The normalized spacial score (nSPS) is 17.3. The maximum Gasteiger partial charge on any atom is 0.322 e. The van der Waals surface area contributed by atoms with Gasteiger partial charge in [0.15, 0.2) is 0 Å². The number of carbonyl (C=O) groups excluding carboxylic acids is 1. The summed E-state index contributed by atoms with van der Waals surface area (Å²) in [5, 5.41) is 2.81. The SMILES string of the molecule is Cc1ccc([C@@H]2CCCN2C(=O)Nc2ccc(C)c(F)c2)cc1. The minimum atomic E-state index is -0.306. The highest BCUT2D eigenvalue weighted by molar-refractivity contribution is 5.89. The molecule has 23 heavy (non-hydrogen) atoms. The van der Waals surface area contributed by atoms with Crippen LogP contribution in [0.5, 0.6) is 0 Å². The lowest BCUT2D eigenvalue weighted by Gasteiger charge is -2.25. The molecule has 0 unspecified atom stereocenters. The molecule has 2 aromatic carbocycles. The third-order valence-corrected chi connectivity index (χ3v) is 4.40. The zero-order chi connectivity index (χ0) is 16.4. The quantitative estimate of drug-likeness (QED) is 0.848. The molecule has 1 saturated heterocycles. The summed E-state index contributed by atoms with van der Waals surface area (Å²) in [6.45, 7) is 4.47. The highest BCUT2D eigenvalue weighted by Gasteiger charge is 2.29. The summed E-state index contributed by atoms with van der Waals surface area (Å²) in [4.78, 5) is 14.4. The van der Waals surface area contributed by atoms with Crippen molar-refractivity contribution in [1.29, 1.82) is 0 Å². The topological polar surface area (TPSA) is 32.3 Å². The number of benzene rings is 2. The summed E-state index contributed by atoms with van der Waals surface area (Å²) in [6.07, 6.45) is 1.94. The molecule has 3 rings (SSSR count). The van der Waals surface area contributed by atoms with Crippen LogP contribution in [0.2, 0.25) is 0 Å². The lowest BCUT2D eigenvalue weighted by molar-refractivity contribution is 0.207. The number of hydrogen-bond acceptors (Lipinski definition) is 1. The van der Waals surface area contributed by atoms with E-state index in [9.17, 15) is 9.18 Å². The van der Waals surface area contributed by atoms with Gasteiger partial charge >= 0.3 is 6.03 Å².